The zero-order valence-corrected chi connectivity index (χ0v) is 26.2. The molecule has 1 atom stereocenters. The normalized spacial score (nSPS) is 16.3. The summed E-state index contributed by atoms with van der Waals surface area (Å²) in [6.45, 7) is 8.58. The van der Waals surface area contributed by atoms with Crippen LogP contribution in [0.4, 0.5) is 4.79 Å². The van der Waals surface area contributed by atoms with Gasteiger partial charge in [0.2, 0.25) is 17.4 Å². The van der Waals surface area contributed by atoms with Crippen LogP contribution >= 0.6 is 0 Å². The number of amides is 3. The van der Waals surface area contributed by atoms with Crippen molar-refractivity contribution in [1.82, 2.24) is 24.9 Å². The first-order valence-electron chi connectivity index (χ1n) is 15.3. The predicted octanol–water partition coefficient (Wildman–Crippen LogP) is 2.62. The van der Waals surface area contributed by atoms with Crippen LogP contribution in [0, 0.1) is 13.8 Å². The van der Waals surface area contributed by atoms with E-state index in [1.165, 1.54) is 20.5 Å². The van der Waals surface area contributed by atoms with Crippen LogP contribution in [0.2, 0.25) is 0 Å². The lowest BCUT2D eigenvalue weighted by atomic mass is 9.80. The van der Waals surface area contributed by atoms with Crippen molar-refractivity contribution in [3.8, 4) is 11.6 Å². The van der Waals surface area contributed by atoms with E-state index in [2.05, 4.69) is 10.4 Å². The van der Waals surface area contributed by atoms with Crippen LogP contribution in [-0.2, 0) is 23.9 Å². The number of piperazine rings is 1. The van der Waals surface area contributed by atoms with E-state index in [1.54, 1.807) is 13.8 Å². The number of hydrogen-bond donors (Lipinski definition) is 2. The Hall–Kier alpha value is -4.62. The van der Waals surface area contributed by atoms with E-state index in [0.29, 0.717) is 18.5 Å². The van der Waals surface area contributed by atoms with Crippen LogP contribution < -0.4 is 10.1 Å². The third-order valence-electron chi connectivity index (χ3n) is 8.19. The van der Waals surface area contributed by atoms with E-state index < -0.39 is 41.5 Å². The molecule has 1 aliphatic heterocycles. The van der Waals surface area contributed by atoms with Crippen molar-refractivity contribution >= 4 is 29.8 Å². The summed E-state index contributed by atoms with van der Waals surface area (Å²) >= 11 is 0. The zero-order chi connectivity index (χ0) is 32.7. The molecule has 1 aromatic carbocycles. The molecule has 244 valence electrons. The van der Waals surface area contributed by atoms with Crippen LogP contribution in [0.25, 0.3) is 5.69 Å². The molecular weight excluding hydrogens is 586 g/mol. The molecular formula is C31H41N5O9. The maximum absolute atomic E-state index is 13.6. The minimum Gasteiger partial charge on any atom is -0.481 e. The van der Waals surface area contributed by atoms with Crippen molar-refractivity contribution in [1.29, 1.82) is 0 Å². The number of carbonyl (C=O) groups excluding carboxylic acids is 4. The Morgan fingerprint density at radius 3 is 2.27 bits per heavy atom. The Kier molecular flexibility index (Phi) is 10.7. The van der Waals surface area contributed by atoms with E-state index in [1.807, 2.05) is 32.0 Å². The summed E-state index contributed by atoms with van der Waals surface area (Å²) in [5.74, 6) is -2.62. The van der Waals surface area contributed by atoms with Gasteiger partial charge in [0.25, 0.3) is 5.91 Å². The lowest BCUT2D eigenvalue weighted by molar-refractivity contribution is -0.170. The Morgan fingerprint density at radius 2 is 1.67 bits per heavy atom. The van der Waals surface area contributed by atoms with E-state index in [-0.39, 0.29) is 63.8 Å². The summed E-state index contributed by atoms with van der Waals surface area (Å²) in [4.78, 5) is 66.5. The second-order valence-electron chi connectivity index (χ2n) is 11.1. The summed E-state index contributed by atoms with van der Waals surface area (Å²) in [6, 6.07) is 5.85. The third-order valence-corrected chi connectivity index (χ3v) is 8.19. The van der Waals surface area contributed by atoms with Crippen LogP contribution in [0.1, 0.15) is 67.6 Å². The Bertz CT molecular complexity index is 1430. The molecule has 1 aromatic heterocycles. The molecule has 3 amide bonds. The highest BCUT2D eigenvalue weighted by Gasteiger charge is 2.49. The second-order valence-corrected chi connectivity index (χ2v) is 11.1. The molecule has 2 fully saturated rings. The van der Waals surface area contributed by atoms with Crippen LogP contribution in [-0.4, -0.2) is 106 Å². The number of nitrogens with zero attached hydrogens (tertiary/aromatic N) is 4. The van der Waals surface area contributed by atoms with Gasteiger partial charge in [-0.05, 0) is 70.6 Å². The summed E-state index contributed by atoms with van der Waals surface area (Å²) < 4.78 is 18.1. The summed E-state index contributed by atoms with van der Waals surface area (Å²) in [6.07, 6.45) is 0.689. The Balaban J connectivity index is 1.59. The molecule has 14 heteroatoms. The fourth-order valence-electron chi connectivity index (χ4n) is 5.30. The molecule has 2 heterocycles. The van der Waals surface area contributed by atoms with Gasteiger partial charge in [0, 0.05) is 38.7 Å². The van der Waals surface area contributed by atoms with E-state index in [4.69, 9.17) is 14.2 Å². The number of carboxylic acid groups (broad SMARTS) is 1. The number of aryl methyl sites for hydroxylation is 1. The highest BCUT2D eigenvalue weighted by Crippen LogP contribution is 2.39. The first-order valence-corrected chi connectivity index (χ1v) is 15.3. The number of carbonyl (C=O) groups is 5. The van der Waals surface area contributed by atoms with Gasteiger partial charge in [-0.2, -0.15) is 9.78 Å². The van der Waals surface area contributed by atoms with Crippen molar-refractivity contribution in [3.05, 3.63) is 41.1 Å². The molecule has 0 spiro atoms. The van der Waals surface area contributed by atoms with Gasteiger partial charge in [0.1, 0.15) is 6.04 Å². The van der Waals surface area contributed by atoms with E-state index in [0.717, 1.165) is 17.5 Å². The molecule has 14 nitrogen and oxygen atoms in total. The molecule has 4 rings (SSSR count). The fraction of sp³-hybridized carbons (Fsp3) is 0.548. The highest BCUT2D eigenvalue weighted by molar-refractivity contribution is 5.96. The van der Waals surface area contributed by atoms with Crippen molar-refractivity contribution in [2.24, 2.45) is 0 Å². The number of nitrogens with one attached hydrogen (secondary N) is 1. The van der Waals surface area contributed by atoms with Crippen molar-refractivity contribution in [3.63, 3.8) is 0 Å². The smallest absolute Gasteiger partial charge is 0.409 e. The lowest BCUT2D eigenvalue weighted by Crippen LogP contribution is -2.56. The van der Waals surface area contributed by atoms with Crippen molar-refractivity contribution in [2.75, 3.05) is 39.4 Å². The number of aromatic nitrogens is 2. The quantitative estimate of drug-likeness (QED) is 0.334. The fourth-order valence-corrected chi connectivity index (χ4v) is 5.30. The maximum atomic E-state index is 13.6. The molecule has 0 radical (unpaired) electrons. The second kappa shape index (κ2) is 14.4. The largest absolute Gasteiger partial charge is 0.481 e. The molecule has 1 saturated carbocycles. The molecule has 1 aliphatic carbocycles. The van der Waals surface area contributed by atoms with Crippen LogP contribution in [0.5, 0.6) is 5.88 Å². The minimum absolute atomic E-state index is 0.0792. The molecule has 45 heavy (non-hydrogen) atoms. The average Bonchev–Trinajstić information content (AvgIpc) is 3.41. The van der Waals surface area contributed by atoms with Gasteiger partial charge in [-0.25, -0.2) is 9.59 Å². The Morgan fingerprint density at radius 1 is 1.00 bits per heavy atom. The first-order chi connectivity index (χ1) is 21.5. The average molecular weight is 628 g/mol. The third kappa shape index (κ3) is 7.55. The molecule has 1 saturated heterocycles. The number of hydrogen-bond acceptors (Lipinski definition) is 9. The van der Waals surface area contributed by atoms with Gasteiger partial charge in [0.15, 0.2) is 5.69 Å². The predicted molar refractivity (Wildman–Crippen MR) is 160 cm³/mol. The number of ether oxygens (including phenoxy) is 3. The molecule has 2 N–H and O–H groups in total. The number of benzene rings is 1. The summed E-state index contributed by atoms with van der Waals surface area (Å²) in [5.41, 5.74) is 1.22. The van der Waals surface area contributed by atoms with Gasteiger partial charge in [-0.1, -0.05) is 12.1 Å². The monoisotopic (exact) mass is 627 g/mol. The summed E-state index contributed by atoms with van der Waals surface area (Å²) in [5, 5.41) is 16.5. The van der Waals surface area contributed by atoms with Gasteiger partial charge >= 0.3 is 18.0 Å². The zero-order valence-electron chi connectivity index (χ0n) is 26.2. The lowest BCUT2D eigenvalue weighted by Gasteiger charge is -2.38. The maximum Gasteiger partial charge on any atom is 0.409 e. The van der Waals surface area contributed by atoms with E-state index in [9.17, 15) is 29.1 Å². The van der Waals surface area contributed by atoms with Gasteiger partial charge in [0.05, 0.1) is 18.9 Å². The number of carboxylic acids is 1. The van der Waals surface area contributed by atoms with Gasteiger partial charge in [-0.3, -0.25) is 14.4 Å². The molecule has 1 unspecified atom stereocenters. The van der Waals surface area contributed by atoms with Crippen molar-refractivity contribution in [2.45, 2.75) is 71.4 Å². The van der Waals surface area contributed by atoms with Crippen molar-refractivity contribution < 1.29 is 43.3 Å². The number of aliphatic carboxylic acids is 1. The minimum atomic E-state index is -1.20. The SMILES string of the molecule is CCOC(=O)N1CCN(C(=O)C(CCC(=O)O)NC(=O)c2cc(OC3(C(=O)OCC)CCC3)n(-c3cccc(C)c3C)n2)CC1. The number of rotatable bonds is 12. The molecule has 2 aliphatic rings. The topological polar surface area (TPSA) is 170 Å². The number of esters is 1. The van der Waals surface area contributed by atoms with Gasteiger partial charge in [-0.15, -0.1) is 0 Å². The molecule has 2 aromatic rings. The molecule has 0 bridgehead atoms. The standard InChI is InChI=1S/C31H41N5O9/c1-5-43-29(41)31(13-8-14-31)45-25-19-23(33-36(25)24-10-7-9-20(3)21(24)4)27(39)32-22(11-12-26(37)38)28(40)34-15-17-35(18-16-34)30(42)44-6-2/h7,9-10,19,22H,5-6,8,11-18H2,1-4H3,(H,32,39)(H,37,38). The van der Waals surface area contributed by atoms with E-state index >= 15 is 0 Å². The Labute approximate surface area is 261 Å². The van der Waals surface area contributed by atoms with Gasteiger partial charge < -0.3 is 34.4 Å². The summed E-state index contributed by atoms with van der Waals surface area (Å²) in [7, 11) is 0. The van der Waals surface area contributed by atoms with Crippen LogP contribution in [0.3, 0.4) is 0 Å². The first kappa shape index (κ1) is 33.3. The highest BCUT2D eigenvalue weighted by atomic mass is 16.6. The van der Waals surface area contributed by atoms with Crippen LogP contribution in [0.15, 0.2) is 24.3 Å².